The van der Waals surface area contributed by atoms with Crippen molar-refractivity contribution < 1.29 is 14.3 Å². The third-order valence-corrected chi connectivity index (χ3v) is 6.28. The van der Waals surface area contributed by atoms with Crippen LogP contribution in [0.3, 0.4) is 0 Å². The van der Waals surface area contributed by atoms with E-state index in [1.165, 1.54) is 17.5 Å². The zero-order valence-electron chi connectivity index (χ0n) is 20.2. The summed E-state index contributed by atoms with van der Waals surface area (Å²) in [4.78, 5) is 19.2. The van der Waals surface area contributed by atoms with E-state index in [2.05, 4.69) is 31.0 Å². The maximum Gasteiger partial charge on any atom is 0.253 e. The minimum atomic E-state index is 0.117. The van der Waals surface area contributed by atoms with E-state index in [9.17, 15) is 4.79 Å². The van der Waals surface area contributed by atoms with E-state index in [1.807, 2.05) is 59.6 Å². The van der Waals surface area contributed by atoms with E-state index < -0.39 is 0 Å². The molecule has 0 saturated carbocycles. The predicted molar refractivity (Wildman–Crippen MR) is 137 cm³/mol. The van der Waals surface area contributed by atoms with Crippen LogP contribution in [0.15, 0.2) is 65.7 Å². The molecule has 5 heteroatoms. The molecule has 0 bridgehead atoms. The first-order chi connectivity index (χ1) is 16.5. The van der Waals surface area contributed by atoms with Gasteiger partial charge < -0.3 is 14.4 Å². The molecule has 0 atom stereocenters. The van der Waals surface area contributed by atoms with Crippen molar-refractivity contribution >= 4 is 17.8 Å². The van der Waals surface area contributed by atoms with Gasteiger partial charge in [0.15, 0.2) is 11.5 Å². The molecule has 0 spiro atoms. The van der Waals surface area contributed by atoms with Gasteiger partial charge in [-0.3, -0.25) is 9.79 Å². The number of hydrogen-bond acceptors (Lipinski definition) is 4. The van der Waals surface area contributed by atoms with Gasteiger partial charge in [0.05, 0.1) is 12.8 Å². The minimum absolute atomic E-state index is 0.117. The number of hydrogen-bond donors (Lipinski definition) is 0. The predicted octanol–water partition coefficient (Wildman–Crippen LogP) is 6.27. The van der Waals surface area contributed by atoms with Gasteiger partial charge in [-0.25, -0.2) is 0 Å². The van der Waals surface area contributed by atoms with Crippen molar-refractivity contribution in [3.63, 3.8) is 0 Å². The fourth-order valence-corrected chi connectivity index (χ4v) is 4.02. The minimum Gasteiger partial charge on any atom is -0.493 e. The van der Waals surface area contributed by atoms with E-state index in [4.69, 9.17) is 9.47 Å². The maximum atomic E-state index is 12.6. The number of nitrogens with zero attached hydrogens (tertiary/aromatic N) is 2. The third-order valence-electron chi connectivity index (χ3n) is 6.28. The lowest BCUT2D eigenvalue weighted by molar-refractivity contribution is 0.0724. The Labute approximate surface area is 202 Å². The molecule has 1 saturated heterocycles. The fraction of sp³-hybridized carbons (Fsp3) is 0.310. The van der Waals surface area contributed by atoms with Crippen LogP contribution >= 0.6 is 0 Å². The van der Waals surface area contributed by atoms with Crippen molar-refractivity contribution in [2.45, 2.75) is 39.7 Å². The molecule has 176 valence electrons. The average Bonchev–Trinajstić information content (AvgIpc) is 2.88. The molecule has 0 radical (unpaired) electrons. The number of aryl methyl sites for hydroxylation is 2. The number of amides is 1. The second-order valence-electron chi connectivity index (χ2n) is 8.78. The lowest BCUT2D eigenvalue weighted by atomic mass is 10.1. The monoisotopic (exact) mass is 456 g/mol. The molecule has 5 nitrogen and oxygen atoms in total. The van der Waals surface area contributed by atoms with Crippen LogP contribution in [-0.4, -0.2) is 37.2 Å². The van der Waals surface area contributed by atoms with Crippen molar-refractivity contribution in [2.75, 3.05) is 20.2 Å². The number of piperidine rings is 1. The summed E-state index contributed by atoms with van der Waals surface area (Å²) in [7, 11) is 1.63. The molecule has 3 aromatic carbocycles. The molecule has 4 rings (SSSR count). The quantitative estimate of drug-likeness (QED) is 0.394. The highest BCUT2D eigenvalue weighted by Gasteiger charge is 2.18. The van der Waals surface area contributed by atoms with Crippen molar-refractivity contribution in [3.05, 3.63) is 88.5 Å². The van der Waals surface area contributed by atoms with E-state index in [0.29, 0.717) is 18.1 Å². The molecule has 1 aliphatic heterocycles. The van der Waals surface area contributed by atoms with Crippen molar-refractivity contribution in [2.24, 2.45) is 4.99 Å². The molecule has 1 heterocycles. The summed E-state index contributed by atoms with van der Waals surface area (Å²) in [6.45, 7) is 6.29. The molecule has 0 aliphatic carbocycles. The lowest BCUT2D eigenvalue weighted by Crippen LogP contribution is -2.35. The van der Waals surface area contributed by atoms with Gasteiger partial charge >= 0.3 is 0 Å². The number of ether oxygens (including phenoxy) is 2. The van der Waals surface area contributed by atoms with Crippen LogP contribution in [0, 0.1) is 13.8 Å². The van der Waals surface area contributed by atoms with Crippen LogP contribution in [0.4, 0.5) is 5.69 Å². The molecular formula is C29H32N2O3. The van der Waals surface area contributed by atoms with Gasteiger partial charge in [-0.15, -0.1) is 0 Å². The Kier molecular flexibility index (Phi) is 7.63. The highest BCUT2D eigenvalue weighted by Crippen LogP contribution is 2.29. The standard InChI is InChI=1S/C29H32N2O3/c1-21-7-13-26(17-22(21)2)30-19-24-10-14-27(28(18-24)33-3)34-20-23-8-11-25(12-9-23)29(32)31-15-5-4-6-16-31/h7-14,17-19H,4-6,15-16,20H2,1-3H3. The summed E-state index contributed by atoms with van der Waals surface area (Å²) < 4.78 is 11.6. The van der Waals surface area contributed by atoms with Gasteiger partial charge in [0, 0.05) is 24.9 Å². The molecule has 34 heavy (non-hydrogen) atoms. The molecule has 1 amide bonds. The van der Waals surface area contributed by atoms with Gasteiger partial charge in [-0.1, -0.05) is 18.2 Å². The van der Waals surface area contributed by atoms with E-state index >= 15 is 0 Å². The topological polar surface area (TPSA) is 51.1 Å². The number of benzene rings is 3. The average molecular weight is 457 g/mol. The third kappa shape index (κ3) is 5.84. The van der Waals surface area contributed by atoms with Crippen molar-refractivity contribution in [3.8, 4) is 11.5 Å². The van der Waals surface area contributed by atoms with Gasteiger partial charge in [-0.05, 0) is 97.8 Å². The van der Waals surface area contributed by atoms with Crippen molar-refractivity contribution in [1.29, 1.82) is 0 Å². The second kappa shape index (κ2) is 11.0. The van der Waals surface area contributed by atoms with Gasteiger partial charge in [0.25, 0.3) is 5.91 Å². The second-order valence-corrected chi connectivity index (χ2v) is 8.78. The first kappa shape index (κ1) is 23.6. The Morgan fingerprint density at radius 1 is 0.912 bits per heavy atom. The highest BCUT2D eigenvalue weighted by atomic mass is 16.5. The highest BCUT2D eigenvalue weighted by molar-refractivity contribution is 5.94. The molecule has 0 aromatic heterocycles. The Balaban J connectivity index is 1.38. The number of aliphatic imine (C=N–C) groups is 1. The van der Waals surface area contributed by atoms with E-state index in [-0.39, 0.29) is 5.91 Å². The maximum absolute atomic E-state index is 12.6. The summed E-state index contributed by atoms with van der Waals surface area (Å²) >= 11 is 0. The number of methoxy groups -OCH3 is 1. The lowest BCUT2D eigenvalue weighted by Gasteiger charge is -2.26. The van der Waals surface area contributed by atoms with Crippen LogP contribution in [0.5, 0.6) is 11.5 Å². The van der Waals surface area contributed by atoms with Crippen LogP contribution in [-0.2, 0) is 6.61 Å². The normalized spacial score (nSPS) is 13.8. The fourth-order valence-electron chi connectivity index (χ4n) is 4.02. The first-order valence-corrected chi connectivity index (χ1v) is 11.8. The Hall–Kier alpha value is -3.60. The summed E-state index contributed by atoms with van der Waals surface area (Å²) in [5.74, 6) is 1.44. The van der Waals surface area contributed by atoms with Crippen LogP contribution < -0.4 is 9.47 Å². The molecule has 1 fully saturated rings. The Bertz CT molecular complexity index is 1160. The number of likely N-dealkylation sites (tertiary alicyclic amines) is 1. The zero-order valence-corrected chi connectivity index (χ0v) is 20.2. The molecule has 3 aromatic rings. The van der Waals surface area contributed by atoms with Gasteiger partial charge in [0.2, 0.25) is 0 Å². The first-order valence-electron chi connectivity index (χ1n) is 11.8. The number of rotatable bonds is 7. The summed E-state index contributed by atoms with van der Waals surface area (Å²) in [5, 5.41) is 0. The number of carbonyl (C=O) groups excluding carboxylic acids is 1. The summed E-state index contributed by atoms with van der Waals surface area (Å²) in [6, 6.07) is 19.6. The molecule has 1 aliphatic rings. The Morgan fingerprint density at radius 2 is 1.68 bits per heavy atom. The van der Waals surface area contributed by atoms with Crippen LogP contribution in [0.1, 0.15) is 51.9 Å². The Morgan fingerprint density at radius 3 is 2.38 bits per heavy atom. The van der Waals surface area contributed by atoms with Crippen LogP contribution in [0.2, 0.25) is 0 Å². The van der Waals surface area contributed by atoms with E-state index in [0.717, 1.165) is 48.3 Å². The summed E-state index contributed by atoms with van der Waals surface area (Å²) in [6.07, 6.45) is 5.23. The molecule has 0 unspecified atom stereocenters. The molecule has 0 N–H and O–H groups in total. The smallest absolute Gasteiger partial charge is 0.253 e. The van der Waals surface area contributed by atoms with E-state index in [1.54, 1.807) is 7.11 Å². The number of carbonyl (C=O) groups is 1. The van der Waals surface area contributed by atoms with Crippen LogP contribution in [0.25, 0.3) is 0 Å². The SMILES string of the molecule is COc1cc(C=Nc2ccc(C)c(C)c2)ccc1OCc1ccc(C(=O)N2CCCCC2)cc1. The molecular weight excluding hydrogens is 424 g/mol. The zero-order chi connectivity index (χ0) is 23.9. The largest absolute Gasteiger partial charge is 0.493 e. The summed E-state index contributed by atoms with van der Waals surface area (Å²) in [5.41, 5.74) is 6.06. The van der Waals surface area contributed by atoms with Gasteiger partial charge in [0.1, 0.15) is 6.61 Å². The van der Waals surface area contributed by atoms with Gasteiger partial charge in [-0.2, -0.15) is 0 Å². The van der Waals surface area contributed by atoms with Crippen molar-refractivity contribution in [1.82, 2.24) is 4.90 Å².